The van der Waals surface area contributed by atoms with Crippen LogP contribution in [0.25, 0.3) is 0 Å². The van der Waals surface area contributed by atoms with E-state index in [1.54, 1.807) is 13.8 Å². The number of rotatable bonds is 9. The predicted octanol–water partition coefficient (Wildman–Crippen LogP) is 2.49. The molecule has 1 aromatic carbocycles. The van der Waals surface area contributed by atoms with Crippen molar-refractivity contribution in [3.05, 3.63) is 35.1 Å². The lowest BCUT2D eigenvalue weighted by Gasteiger charge is -2.39. The van der Waals surface area contributed by atoms with E-state index in [9.17, 15) is 24.9 Å². The van der Waals surface area contributed by atoms with Gasteiger partial charge in [-0.2, -0.15) is 0 Å². The van der Waals surface area contributed by atoms with E-state index in [4.69, 9.17) is 18.9 Å². The number of nitrogens with zero attached hydrogens (tertiary/aromatic N) is 1. The number of benzene rings is 1. The maximum absolute atomic E-state index is 13.6. The topological polar surface area (TPSA) is 135 Å². The Kier molecular flexibility index (Phi) is 6.86. The number of aliphatic carboxylic acids is 1. The second-order valence-electron chi connectivity index (χ2n) is 11.6. The molecule has 1 spiro atoms. The minimum atomic E-state index is -2.25. The lowest BCUT2D eigenvalue weighted by molar-refractivity contribution is -0.178. The van der Waals surface area contributed by atoms with Crippen LogP contribution in [0.4, 0.5) is 0 Å². The van der Waals surface area contributed by atoms with Crippen molar-refractivity contribution in [3.8, 4) is 11.5 Å². The van der Waals surface area contributed by atoms with Gasteiger partial charge in [-0.25, -0.2) is 4.79 Å². The number of fused-ring (bicyclic) bond motifs is 3. The molecule has 208 valence electrons. The average molecular weight is 532 g/mol. The molecule has 1 aliphatic carbocycles. The summed E-state index contributed by atoms with van der Waals surface area (Å²) in [5.41, 5.74) is -1.65. The van der Waals surface area contributed by atoms with Crippen LogP contribution >= 0.6 is 0 Å². The Morgan fingerprint density at radius 1 is 1.16 bits per heavy atom. The Morgan fingerprint density at radius 2 is 1.89 bits per heavy atom. The molecule has 0 amide bonds. The summed E-state index contributed by atoms with van der Waals surface area (Å²) in [6.07, 6.45) is 3.38. The zero-order chi connectivity index (χ0) is 27.3. The molecule has 5 rings (SSSR count). The van der Waals surface area contributed by atoms with Crippen molar-refractivity contribution in [2.45, 2.75) is 87.6 Å². The Bertz CT molecular complexity index is 1140. The van der Waals surface area contributed by atoms with Gasteiger partial charge in [0, 0.05) is 6.54 Å². The third kappa shape index (κ3) is 4.74. The van der Waals surface area contributed by atoms with Crippen LogP contribution < -0.4 is 9.47 Å². The second kappa shape index (κ2) is 9.73. The van der Waals surface area contributed by atoms with Crippen molar-refractivity contribution in [3.63, 3.8) is 0 Å². The molecule has 3 N–H and O–H groups in total. The number of aliphatic hydroxyl groups is 2. The summed E-state index contributed by atoms with van der Waals surface area (Å²) < 4.78 is 23.1. The minimum absolute atomic E-state index is 0.146. The summed E-state index contributed by atoms with van der Waals surface area (Å²) in [6, 6.07) is 3.96. The molecule has 4 aliphatic rings. The Morgan fingerprint density at radius 3 is 2.58 bits per heavy atom. The first-order chi connectivity index (χ1) is 18.0. The molecule has 4 atom stereocenters. The third-order valence-electron chi connectivity index (χ3n) is 8.40. The standard InChI is InChI=1S/C28H37NO9/c1-26(2,33)7-4-9-28(34,15-22(30)31)25(32)38-24-21(35-3)14-27-8-5-10-29(27)11-6-17-12-19-20(37-16-36-19)13-18(17)23(24)27/h12-14,23-24,33-34H,4-11,15-16H2,1-3H3,(H,30,31). The van der Waals surface area contributed by atoms with Gasteiger partial charge in [-0.15, -0.1) is 0 Å². The van der Waals surface area contributed by atoms with E-state index < -0.39 is 41.2 Å². The first-order valence-corrected chi connectivity index (χ1v) is 13.3. The fourth-order valence-electron chi connectivity index (χ4n) is 6.65. The van der Waals surface area contributed by atoms with Crippen LogP contribution in [0.3, 0.4) is 0 Å². The van der Waals surface area contributed by atoms with Gasteiger partial charge in [0.05, 0.1) is 30.6 Å². The lowest BCUT2D eigenvalue weighted by Crippen LogP contribution is -2.49. The average Bonchev–Trinajstić information content (AvgIpc) is 3.51. The molecule has 4 unspecified atom stereocenters. The Balaban J connectivity index is 1.50. The number of hydrogen-bond donors (Lipinski definition) is 3. The fraction of sp³-hybridized carbons (Fsp3) is 0.643. The number of methoxy groups -OCH3 is 1. The van der Waals surface area contributed by atoms with Gasteiger partial charge in [0.2, 0.25) is 6.79 Å². The molecular weight excluding hydrogens is 494 g/mol. The van der Waals surface area contributed by atoms with Gasteiger partial charge in [0.1, 0.15) is 5.76 Å². The molecule has 1 aromatic rings. The quantitative estimate of drug-likeness (QED) is 0.408. The summed E-state index contributed by atoms with van der Waals surface area (Å²) in [5.74, 6) is -0.843. The number of carboxylic acids is 1. The SMILES string of the molecule is COC1=CC23CCCN2CCc2cc4c(cc2C3C1OC(=O)C(O)(CCCC(C)(C)O)CC(=O)O)OCO4. The highest BCUT2D eigenvalue weighted by molar-refractivity contribution is 5.85. The first kappa shape index (κ1) is 26.8. The summed E-state index contributed by atoms with van der Waals surface area (Å²) in [5, 5.41) is 30.9. The van der Waals surface area contributed by atoms with Crippen LogP contribution in [0.15, 0.2) is 24.0 Å². The predicted molar refractivity (Wildman–Crippen MR) is 135 cm³/mol. The summed E-state index contributed by atoms with van der Waals surface area (Å²) in [4.78, 5) is 27.6. The number of esters is 1. The van der Waals surface area contributed by atoms with Crippen molar-refractivity contribution < 1.29 is 43.9 Å². The maximum Gasteiger partial charge on any atom is 0.339 e. The molecule has 3 aliphatic heterocycles. The van der Waals surface area contributed by atoms with E-state index in [1.807, 2.05) is 18.2 Å². The first-order valence-electron chi connectivity index (χ1n) is 13.3. The van der Waals surface area contributed by atoms with Crippen LogP contribution in [0, 0.1) is 0 Å². The molecule has 1 saturated heterocycles. The number of carbonyl (C=O) groups excluding carboxylic acids is 1. The van der Waals surface area contributed by atoms with Gasteiger partial charge in [0.25, 0.3) is 0 Å². The van der Waals surface area contributed by atoms with E-state index >= 15 is 0 Å². The van der Waals surface area contributed by atoms with Crippen LogP contribution in [0.2, 0.25) is 0 Å². The molecule has 0 saturated carbocycles. The summed E-state index contributed by atoms with van der Waals surface area (Å²) in [7, 11) is 1.53. The molecule has 3 heterocycles. The van der Waals surface area contributed by atoms with Gasteiger partial charge in [-0.05, 0) is 88.3 Å². The normalized spacial score (nSPS) is 27.4. The van der Waals surface area contributed by atoms with E-state index in [0.717, 1.165) is 43.5 Å². The lowest BCUT2D eigenvalue weighted by atomic mass is 9.77. The smallest absolute Gasteiger partial charge is 0.339 e. The van der Waals surface area contributed by atoms with Gasteiger partial charge in [-0.3, -0.25) is 9.69 Å². The monoisotopic (exact) mass is 531 g/mol. The van der Waals surface area contributed by atoms with Gasteiger partial charge in [-0.1, -0.05) is 0 Å². The highest BCUT2D eigenvalue weighted by Gasteiger charge is 2.59. The van der Waals surface area contributed by atoms with Crippen molar-refractivity contribution in [1.82, 2.24) is 4.90 Å². The molecule has 38 heavy (non-hydrogen) atoms. The van der Waals surface area contributed by atoms with Gasteiger partial charge in [0.15, 0.2) is 23.2 Å². The molecule has 1 fully saturated rings. The highest BCUT2D eigenvalue weighted by Crippen LogP contribution is 2.55. The number of hydrogen-bond acceptors (Lipinski definition) is 9. The van der Waals surface area contributed by atoms with Crippen molar-refractivity contribution in [1.29, 1.82) is 0 Å². The minimum Gasteiger partial charge on any atom is -0.497 e. The zero-order valence-electron chi connectivity index (χ0n) is 22.2. The summed E-state index contributed by atoms with van der Waals surface area (Å²) >= 11 is 0. The zero-order valence-corrected chi connectivity index (χ0v) is 22.2. The summed E-state index contributed by atoms with van der Waals surface area (Å²) in [6.45, 7) is 5.10. The number of carboxylic acid groups (broad SMARTS) is 1. The van der Waals surface area contributed by atoms with E-state index in [-0.39, 0.29) is 32.0 Å². The molecule has 10 nitrogen and oxygen atoms in total. The van der Waals surface area contributed by atoms with Crippen molar-refractivity contribution >= 4 is 11.9 Å². The second-order valence-corrected chi connectivity index (χ2v) is 11.6. The van der Waals surface area contributed by atoms with E-state index in [1.165, 1.54) is 7.11 Å². The molecule has 0 radical (unpaired) electrons. The Labute approximate surface area is 222 Å². The van der Waals surface area contributed by atoms with E-state index in [2.05, 4.69) is 4.90 Å². The number of carbonyl (C=O) groups is 2. The highest BCUT2D eigenvalue weighted by atomic mass is 16.7. The van der Waals surface area contributed by atoms with Crippen LogP contribution in [-0.4, -0.2) is 82.0 Å². The van der Waals surface area contributed by atoms with E-state index in [0.29, 0.717) is 17.3 Å². The third-order valence-corrected chi connectivity index (χ3v) is 8.40. The van der Waals surface area contributed by atoms with Gasteiger partial charge < -0.3 is 34.3 Å². The largest absolute Gasteiger partial charge is 0.497 e. The van der Waals surface area contributed by atoms with Gasteiger partial charge >= 0.3 is 11.9 Å². The number of ether oxygens (including phenoxy) is 4. The van der Waals surface area contributed by atoms with Crippen LogP contribution in [0.1, 0.15) is 69.4 Å². The molecule has 0 aromatic heterocycles. The maximum atomic E-state index is 13.6. The molecule has 10 heteroatoms. The van der Waals surface area contributed by atoms with Crippen molar-refractivity contribution in [2.75, 3.05) is 27.0 Å². The fourth-order valence-corrected chi connectivity index (χ4v) is 6.65. The molecular formula is C28H37NO9. The molecule has 0 bridgehead atoms. The van der Waals surface area contributed by atoms with Crippen LogP contribution in [-0.2, 0) is 25.5 Å². The Hall–Kier alpha value is -2.82. The van der Waals surface area contributed by atoms with Crippen molar-refractivity contribution in [2.24, 2.45) is 0 Å². The van der Waals surface area contributed by atoms with Crippen LogP contribution in [0.5, 0.6) is 11.5 Å².